The Labute approximate surface area is 72.8 Å². The minimum Gasteiger partial charge on any atom is -0.344 e. The number of hydrogen-bond donors (Lipinski definition) is 0. The molecule has 58 valence electrons. The van der Waals surface area contributed by atoms with Crippen LogP contribution in [0.3, 0.4) is 0 Å². The molecule has 0 saturated heterocycles. The second-order valence-corrected chi connectivity index (χ2v) is 2.37. The van der Waals surface area contributed by atoms with Crippen LogP contribution in [-0.2, 0) is 0 Å². The number of halogens is 1. The summed E-state index contributed by atoms with van der Waals surface area (Å²) < 4.78 is 0. The van der Waals surface area contributed by atoms with Crippen molar-refractivity contribution >= 4 is 12.4 Å². The summed E-state index contributed by atoms with van der Waals surface area (Å²) in [6.07, 6.45) is 14.7. The summed E-state index contributed by atoms with van der Waals surface area (Å²) in [4.78, 5) is 2.21. The van der Waals surface area contributed by atoms with Crippen LogP contribution in [0.4, 0.5) is 0 Å². The lowest BCUT2D eigenvalue weighted by molar-refractivity contribution is 0.557. The van der Waals surface area contributed by atoms with E-state index in [4.69, 9.17) is 0 Å². The maximum absolute atomic E-state index is 2.21. The largest absolute Gasteiger partial charge is 0.344 e. The number of nitrogens with zero attached hydrogens (tertiary/aromatic N) is 1. The Balaban J connectivity index is 0.000000605. The Bertz CT molecular complexity index is 248. The Morgan fingerprint density at radius 3 is 3.00 bits per heavy atom. The van der Waals surface area contributed by atoms with Gasteiger partial charge in [-0.05, 0) is 18.2 Å². The number of rotatable bonds is 0. The van der Waals surface area contributed by atoms with Crippen LogP contribution < -0.4 is 0 Å². The molecule has 2 heteroatoms. The van der Waals surface area contributed by atoms with E-state index >= 15 is 0 Å². The SMILES string of the molecule is C1=CC=C2C=CCN2C=C1.Cl. The zero-order valence-corrected chi connectivity index (χ0v) is 6.92. The molecule has 2 rings (SSSR count). The minimum absolute atomic E-state index is 0. The lowest BCUT2D eigenvalue weighted by Crippen LogP contribution is -2.08. The molecule has 0 unspecified atom stereocenters. The highest BCUT2D eigenvalue weighted by Crippen LogP contribution is 2.15. The summed E-state index contributed by atoms with van der Waals surface area (Å²) in [6.45, 7) is 1.02. The van der Waals surface area contributed by atoms with Crippen LogP contribution in [0.5, 0.6) is 0 Å². The van der Waals surface area contributed by atoms with Crippen molar-refractivity contribution in [3.63, 3.8) is 0 Å². The quantitative estimate of drug-likeness (QED) is 0.535. The second-order valence-electron chi connectivity index (χ2n) is 2.37. The van der Waals surface area contributed by atoms with E-state index in [9.17, 15) is 0 Å². The van der Waals surface area contributed by atoms with Gasteiger partial charge in [0.2, 0.25) is 0 Å². The van der Waals surface area contributed by atoms with E-state index in [2.05, 4.69) is 41.5 Å². The smallest absolute Gasteiger partial charge is 0.0409 e. The predicted molar refractivity (Wildman–Crippen MR) is 49.5 cm³/mol. The third kappa shape index (κ3) is 1.55. The lowest BCUT2D eigenvalue weighted by atomic mass is 10.4. The highest BCUT2D eigenvalue weighted by atomic mass is 35.5. The fourth-order valence-corrected chi connectivity index (χ4v) is 1.16. The van der Waals surface area contributed by atoms with Gasteiger partial charge in [-0.2, -0.15) is 0 Å². The molecule has 0 N–H and O–H groups in total. The first-order valence-electron chi connectivity index (χ1n) is 3.45. The highest BCUT2D eigenvalue weighted by Gasteiger charge is 2.06. The van der Waals surface area contributed by atoms with Crippen LogP contribution in [0.1, 0.15) is 0 Å². The van der Waals surface area contributed by atoms with E-state index < -0.39 is 0 Å². The Morgan fingerprint density at radius 1 is 1.18 bits per heavy atom. The molecular formula is C9H10ClN. The van der Waals surface area contributed by atoms with Gasteiger partial charge < -0.3 is 4.90 Å². The Hall–Kier alpha value is -0.950. The molecule has 0 aromatic heterocycles. The standard InChI is InChI=1S/C9H9N.ClH/c1-2-5-9-6-4-8-10(9)7-3-1;/h1-7H,8H2;1H. The van der Waals surface area contributed by atoms with Crippen molar-refractivity contribution in [3.05, 3.63) is 48.4 Å². The molecule has 0 amide bonds. The average Bonchev–Trinajstić information content (AvgIpc) is 2.28. The van der Waals surface area contributed by atoms with Crippen LogP contribution in [0.25, 0.3) is 0 Å². The van der Waals surface area contributed by atoms with Gasteiger partial charge in [-0.25, -0.2) is 0 Å². The van der Waals surface area contributed by atoms with E-state index in [0.29, 0.717) is 0 Å². The maximum Gasteiger partial charge on any atom is 0.0409 e. The van der Waals surface area contributed by atoms with Gasteiger partial charge in [0.1, 0.15) is 0 Å². The fraction of sp³-hybridized carbons (Fsp3) is 0.111. The van der Waals surface area contributed by atoms with E-state index in [-0.39, 0.29) is 12.4 Å². The van der Waals surface area contributed by atoms with Crippen LogP contribution in [0.2, 0.25) is 0 Å². The monoisotopic (exact) mass is 167 g/mol. The third-order valence-corrected chi connectivity index (χ3v) is 1.68. The zero-order valence-electron chi connectivity index (χ0n) is 6.10. The van der Waals surface area contributed by atoms with Gasteiger partial charge in [-0.1, -0.05) is 18.2 Å². The lowest BCUT2D eigenvalue weighted by Gasteiger charge is -2.11. The van der Waals surface area contributed by atoms with E-state index in [0.717, 1.165) is 6.54 Å². The molecule has 1 nitrogen and oxygen atoms in total. The summed E-state index contributed by atoms with van der Waals surface area (Å²) in [5, 5.41) is 0. The van der Waals surface area contributed by atoms with Gasteiger partial charge in [0.05, 0.1) is 0 Å². The van der Waals surface area contributed by atoms with Crippen molar-refractivity contribution in [2.75, 3.05) is 6.54 Å². The van der Waals surface area contributed by atoms with Crippen molar-refractivity contribution in [1.29, 1.82) is 0 Å². The van der Waals surface area contributed by atoms with E-state index in [1.807, 2.05) is 6.08 Å². The summed E-state index contributed by atoms with van der Waals surface area (Å²) in [5.41, 5.74) is 1.28. The van der Waals surface area contributed by atoms with Crippen molar-refractivity contribution < 1.29 is 0 Å². The molecule has 0 radical (unpaired) electrons. The van der Waals surface area contributed by atoms with Crippen LogP contribution in [-0.4, -0.2) is 11.4 Å². The Kier molecular flexibility index (Phi) is 2.55. The van der Waals surface area contributed by atoms with Crippen molar-refractivity contribution in [2.24, 2.45) is 0 Å². The van der Waals surface area contributed by atoms with Gasteiger partial charge in [-0.15, -0.1) is 12.4 Å². The van der Waals surface area contributed by atoms with Crippen LogP contribution >= 0.6 is 12.4 Å². The van der Waals surface area contributed by atoms with Gasteiger partial charge in [0.15, 0.2) is 0 Å². The second kappa shape index (κ2) is 3.44. The summed E-state index contributed by atoms with van der Waals surface area (Å²) >= 11 is 0. The van der Waals surface area contributed by atoms with Crippen LogP contribution in [0.15, 0.2) is 48.4 Å². The molecule has 0 aliphatic carbocycles. The molecular weight excluding hydrogens is 158 g/mol. The first kappa shape index (κ1) is 8.15. The molecule has 2 aliphatic heterocycles. The number of hydrogen-bond acceptors (Lipinski definition) is 1. The molecule has 0 atom stereocenters. The summed E-state index contributed by atoms with van der Waals surface area (Å²) in [6, 6.07) is 0. The molecule has 2 aliphatic rings. The molecule has 0 aromatic carbocycles. The van der Waals surface area contributed by atoms with Crippen molar-refractivity contribution in [3.8, 4) is 0 Å². The molecule has 0 fully saturated rings. The van der Waals surface area contributed by atoms with Crippen molar-refractivity contribution in [2.45, 2.75) is 0 Å². The first-order chi connectivity index (χ1) is 4.97. The number of fused-ring (bicyclic) bond motifs is 1. The fourth-order valence-electron chi connectivity index (χ4n) is 1.16. The van der Waals surface area contributed by atoms with Crippen molar-refractivity contribution in [1.82, 2.24) is 4.90 Å². The number of allylic oxidation sites excluding steroid dienone is 5. The molecule has 2 heterocycles. The van der Waals surface area contributed by atoms with Gasteiger partial charge >= 0.3 is 0 Å². The summed E-state index contributed by atoms with van der Waals surface area (Å²) in [7, 11) is 0. The average molecular weight is 168 g/mol. The maximum atomic E-state index is 2.21. The highest BCUT2D eigenvalue weighted by molar-refractivity contribution is 5.85. The molecule has 0 saturated carbocycles. The summed E-state index contributed by atoms with van der Waals surface area (Å²) in [5.74, 6) is 0. The molecule has 11 heavy (non-hydrogen) atoms. The molecule has 0 bridgehead atoms. The molecule has 0 aromatic rings. The Morgan fingerprint density at radius 2 is 2.09 bits per heavy atom. The first-order valence-corrected chi connectivity index (χ1v) is 3.45. The topological polar surface area (TPSA) is 3.24 Å². The predicted octanol–water partition coefficient (Wildman–Crippen LogP) is 2.25. The normalized spacial score (nSPS) is 18.9. The zero-order chi connectivity index (χ0) is 6.81. The molecule has 0 spiro atoms. The van der Waals surface area contributed by atoms with Gasteiger partial charge in [-0.3, -0.25) is 0 Å². The minimum atomic E-state index is 0. The third-order valence-electron chi connectivity index (χ3n) is 1.68. The van der Waals surface area contributed by atoms with Gasteiger partial charge in [0.25, 0.3) is 0 Å². The van der Waals surface area contributed by atoms with E-state index in [1.54, 1.807) is 0 Å². The van der Waals surface area contributed by atoms with Gasteiger partial charge in [0, 0.05) is 18.4 Å². The van der Waals surface area contributed by atoms with E-state index in [1.165, 1.54) is 5.70 Å². The van der Waals surface area contributed by atoms with Crippen LogP contribution in [0, 0.1) is 0 Å².